The molecule has 2 rings (SSSR count). The van der Waals surface area contributed by atoms with E-state index in [1.54, 1.807) is 25.2 Å². The second-order valence-electron chi connectivity index (χ2n) is 4.73. The third kappa shape index (κ3) is 4.32. The summed E-state index contributed by atoms with van der Waals surface area (Å²) in [5, 5.41) is 5.53. The van der Waals surface area contributed by atoms with Crippen molar-refractivity contribution in [3.63, 3.8) is 0 Å². The topological polar surface area (TPSA) is 76.4 Å². The van der Waals surface area contributed by atoms with Crippen LogP contribution in [0.5, 0.6) is 5.75 Å². The number of carbonyl (C=O) groups excluding carboxylic acids is 1. The van der Waals surface area contributed by atoms with Crippen molar-refractivity contribution in [1.29, 1.82) is 0 Å². The molecule has 1 amide bonds. The predicted molar refractivity (Wildman–Crippen MR) is 84.6 cm³/mol. The summed E-state index contributed by atoms with van der Waals surface area (Å²) in [6.45, 7) is 0.233. The first kappa shape index (κ1) is 16.5. The Morgan fingerprint density at radius 1 is 1.22 bits per heavy atom. The maximum atomic E-state index is 13.4. The summed E-state index contributed by atoms with van der Waals surface area (Å²) >= 11 is 0. The van der Waals surface area contributed by atoms with Crippen LogP contribution in [0.25, 0.3) is 0 Å². The Morgan fingerprint density at radius 2 is 2.00 bits per heavy atom. The van der Waals surface area contributed by atoms with Crippen molar-refractivity contribution in [3.05, 3.63) is 53.6 Å². The van der Waals surface area contributed by atoms with Crippen LogP contribution in [0.15, 0.2) is 36.4 Å². The molecule has 0 heterocycles. The van der Waals surface area contributed by atoms with Crippen LogP contribution in [-0.4, -0.2) is 26.1 Å². The monoisotopic (exact) mass is 321 g/mol. The van der Waals surface area contributed by atoms with Crippen molar-refractivity contribution < 1.29 is 18.3 Å². The number of rotatable bonds is 6. The van der Waals surface area contributed by atoms with Crippen LogP contribution in [0.2, 0.25) is 0 Å². The molecule has 7 heteroatoms. The maximum Gasteiger partial charge on any atom is 0.251 e. The van der Waals surface area contributed by atoms with Crippen molar-refractivity contribution >= 4 is 17.3 Å². The minimum absolute atomic E-state index is 0.0577. The SMILES string of the molecule is CNc1cc(C(=O)NCCOc2ccc(F)cc2F)ccc1N. The summed E-state index contributed by atoms with van der Waals surface area (Å²) in [5.74, 6) is -1.82. The lowest BCUT2D eigenvalue weighted by atomic mass is 10.1. The number of amides is 1. The van der Waals surface area contributed by atoms with Gasteiger partial charge in [0, 0.05) is 18.7 Å². The molecule has 23 heavy (non-hydrogen) atoms. The highest BCUT2D eigenvalue weighted by Gasteiger charge is 2.08. The molecule has 5 nitrogen and oxygen atoms in total. The summed E-state index contributed by atoms with van der Waals surface area (Å²) in [6.07, 6.45) is 0. The van der Waals surface area contributed by atoms with E-state index in [-0.39, 0.29) is 24.8 Å². The number of nitrogens with two attached hydrogens (primary N) is 1. The fourth-order valence-electron chi connectivity index (χ4n) is 1.93. The summed E-state index contributed by atoms with van der Waals surface area (Å²) in [6, 6.07) is 7.90. The van der Waals surface area contributed by atoms with Gasteiger partial charge in [-0.25, -0.2) is 8.78 Å². The molecule has 0 saturated heterocycles. The number of carbonyl (C=O) groups is 1. The lowest BCUT2D eigenvalue weighted by molar-refractivity contribution is 0.0947. The van der Waals surface area contributed by atoms with Crippen LogP contribution in [0, 0.1) is 11.6 Å². The highest BCUT2D eigenvalue weighted by Crippen LogP contribution is 2.19. The molecule has 0 unspecified atom stereocenters. The second-order valence-corrected chi connectivity index (χ2v) is 4.73. The number of nitrogen functional groups attached to an aromatic ring is 1. The first-order chi connectivity index (χ1) is 11.0. The fraction of sp³-hybridized carbons (Fsp3) is 0.188. The van der Waals surface area contributed by atoms with Crippen LogP contribution < -0.4 is 21.1 Å². The fourth-order valence-corrected chi connectivity index (χ4v) is 1.93. The lowest BCUT2D eigenvalue weighted by Gasteiger charge is -2.10. The molecule has 0 aliphatic carbocycles. The van der Waals surface area contributed by atoms with Crippen LogP contribution >= 0.6 is 0 Å². The molecule has 0 bridgehead atoms. The summed E-state index contributed by atoms with van der Waals surface area (Å²) in [4.78, 5) is 12.0. The molecule has 0 aliphatic heterocycles. The highest BCUT2D eigenvalue weighted by molar-refractivity contribution is 5.96. The largest absolute Gasteiger partial charge is 0.489 e. The van der Waals surface area contributed by atoms with Gasteiger partial charge in [0.2, 0.25) is 0 Å². The van der Waals surface area contributed by atoms with E-state index < -0.39 is 11.6 Å². The second kappa shape index (κ2) is 7.44. The van der Waals surface area contributed by atoms with Crippen molar-refractivity contribution in [2.75, 3.05) is 31.2 Å². The Morgan fingerprint density at radius 3 is 2.70 bits per heavy atom. The number of hydrogen-bond donors (Lipinski definition) is 3. The summed E-state index contributed by atoms with van der Waals surface area (Å²) in [5.41, 5.74) is 7.37. The Bertz CT molecular complexity index is 708. The molecular formula is C16H17F2N3O2. The van der Waals surface area contributed by atoms with Gasteiger partial charge in [0.1, 0.15) is 12.4 Å². The van der Waals surface area contributed by atoms with Crippen molar-refractivity contribution in [2.24, 2.45) is 0 Å². The number of ether oxygens (including phenoxy) is 1. The normalized spacial score (nSPS) is 10.2. The molecule has 2 aromatic carbocycles. The Balaban J connectivity index is 1.85. The van der Waals surface area contributed by atoms with E-state index in [4.69, 9.17) is 10.5 Å². The van der Waals surface area contributed by atoms with Gasteiger partial charge in [-0.05, 0) is 30.3 Å². The molecule has 4 N–H and O–H groups in total. The van der Waals surface area contributed by atoms with E-state index in [2.05, 4.69) is 10.6 Å². The average Bonchev–Trinajstić information content (AvgIpc) is 2.53. The van der Waals surface area contributed by atoms with E-state index in [1.807, 2.05) is 0 Å². The lowest BCUT2D eigenvalue weighted by Crippen LogP contribution is -2.28. The van der Waals surface area contributed by atoms with Crippen LogP contribution in [0.4, 0.5) is 20.2 Å². The Kier molecular flexibility index (Phi) is 5.35. The van der Waals surface area contributed by atoms with Crippen LogP contribution in [0.3, 0.4) is 0 Å². The number of halogens is 2. The van der Waals surface area contributed by atoms with Crippen molar-refractivity contribution in [2.45, 2.75) is 0 Å². The quantitative estimate of drug-likeness (QED) is 0.564. The van der Waals surface area contributed by atoms with E-state index >= 15 is 0 Å². The minimum atomic E-state index is -0.784. The van der Waals surface area contributed by atoms with Gasteiger partial charge in [-0.15, -0.1) is 0 Å². The molecule has 0 fully saturated rings. The summed E-state index contributed by atoms with van der Waals surface area (Å²) < 4.78 is 31.3. The molecular weight excluding hydrogens is 304 g/mol. The number of hydrogen-bond acceptors (Lipinski definition) is 4. The molecule has 122 valence electrons. The van der Waals surface area contributed by atoms with E-state index in [0.29, 0.717) is 16.9 Å². The van der Waals surface area contributed by atoms with Crippen LogP contribution in [-0.2, 0) is 0 Å². The number of anilines is 2. The first-order valence-electron chi connectivity index (χ1n) is 6.94. The smallest absolute Gasteiger partial charge is 0.251 e. The van der Waals surface area contributed by atoms with Gasteiger partial charge < -0.3 is 21.1 Å². The minimum Gasteiger partial charge on any atom is -0.489 e. The predicted octanol–water partition coefficient (Wildman–Crippen LogP) is 2.40. The number of nitrogens with one attached hydrogen (secondary N) is 2. The van der Waals surface area contributed by atoms with E-state index in [1.165, 1.54) is 6.07 Å². The van der Waals surface area contributed by atoms with Crippen molar-refractivity contribution in [3.8, 4) is 5.75 Å². The van der Waals surface area contributed by atoms with Gasteiger partial charge in [-0.3, -0.25) is 4.79 Å². The van der Waals surface area contributed by atoms with Gasteiger partial charge in [-0.1, -0.05) is 0 Å². The van der Waals surface area contributed by atoms with Gasteiger partial charge in [0.05, 0.1) is 17.9 Å². The zero-order valence-corrected chi connectivity index (χ0v) is 12.5. The number of benzene rings is 2. The standard InChI is InChI=1S/C16H17F2N3O2/c1-20-14-8-10(2-4-13(14)19)16(22)21-6-7-23-15-5-3-11(17)9-12(15)18/h2-5,8-9,20H,6-7,19H2,1H3,(H,21,22). The Hall–Kier alpha value is -2.83. The maximum absolute atomic E-state index is 13.4. The summed E-state index contributed by atoms with van der Waals surface area (Å²) in [7, 11) is 1.71. The van der Waals surface area contributed by atoms with Gasteiger partial charge in [0.25, 0.3) is 5.91 Å². The average molecular weight is 321 g/mol. The van der Waals surface area contributed by atoms with Gasteiger partial charge in [-0.2, -0.15) is 0 Å². The third-order valence-corrected chi connectivity index (χ3v) is 3.12. The van der Waals surface area contributed by atoms with Crippen LogP contribution in [0.1, 0.15) is 10.4 Å². The Labute approximate surface area is 132 Å². The molecule has 0 atom stereocenters. The zero-order chi connectivity index (χ0) is 16.8. The van der Waals surface area contributed by atoms with Gasteiger partial charge >= 0.3 is 0 Å². The first-order valence-corrected chi connectivity index (χ1v) is 6.94. The van der Waals surface area contributed by atoms with E-state index in [9.17, 15) is 13.6 Å². The molecule has 0 aliphatic rings. The highest BCUT2D eigenvalue weighted by atomic mass is 19.1. The third-order valence-electron chi connectivity index (χ3n) is 3.12. The molecule has 0 radical (unpaired) electrons. The molecule has 0 aromatic heterocycles. The molecule has 2 aromatic rings. The van der Waals surface area contributed by atoms with Crippen molar-refractivity contribution in [1.82, 2.24) is 5.32 Å². The molecule has 0 spiro atoms. The van der Waals surface area contributed by atoms with Gasteiger partial charge in [0.15, 0.2) is 11.6 Å². The molecule has 0 saturated carbocycles. The zero-order valence-electron chi connectivity index (χ0n) is 12.5. The van der Waals surface area contributed by atoms with E-state index in [0.717, 1.165) is 12.1 Å².